The van der Waals surface area contributed by atoms with Crippen LogP contribution in [-0.4, -0.2) is 29.5 Å². The Kier molecular flexibility index (Phi) is 6.20. The van der Waals surface area contributed by atoms with Crippen molar-refractivity contribution in [1.29, 1.82) is 0 Å². The third-order valence-electron chi connectivity index (χ3n) is 2.89. The average Bonchev–Trinajstić information content (AvgIpc) is 2.41. The van der Waals surface area contributed by atoms with Crippen LogP contribution >= 0.6 is 15.9 Å². The van der Waals surface area contributed by atoms with Crippen molar-refractivity contribution in [2.45, 2.75) is 31.5 Å². The first-order valence-electron chi connectivity index (χ1n) is 6.53. The molecule has 1 aromatic carbocycles. The minimum atomic E-state index is -1.49. The number of benzene rings is 1. The minimum absolute atomic E-state index is 0.192. The van der Waals surface area contributed by atoms with E-state index >= 15 is 0 Å². The normalized spacial score (nSPS) is 11.0. The summed E-state index contributed by atoms with van der Waals surface area (Å²) >= 11 is 3.24. The predicted molar refractivity (Wildman–Crippen MR) is 79.8 cm³/mol. The number of ether oxygens (including phenoxy) is 2. The molecule has 1 rings (SSSR count). The van der Waals surface area contributed by atoms with Crippen molar-refractivity contribution in [2.75, 3.05) is 13.2 Å². The number of carbonyl (C=O) groups excluding carboxylic acids is 2. The highest BCUT2D eigenvalue weighted by molar-refractivity contribution is 9.10. The summed E-state index contributed by atoms with van der Waals surface area (Å²) in [5.74, 6) is -1.25. The van der Waals surface area contributed by atoms with Gasteiger partial charge in [0.15, 0.2) is 0 Å². The van der Waals surface area contributed by atoms with Crippen molar-refractivity contribution in [2.24, 2.45) is 0 Å². The van der Waals surface area contributed by atoms with Gasteiger partial charge in [0.05, 0.1) is 13.2 Å². The molecule has 0 aliphatic rings. The molecule has 0 saturated carbocycles. The first kappa shape index (κ1) is 16.7. The summed E-state index contributed by atoms with van der Waals surface area (Å²) in [6.07, 6.45) is 0.192. The average molecular weight is 343 g/mol. The molecule has 5 heteroatoms. The van der Waals surface area contributed by atoms with Crippen LogP contribution in [0.2, 0.25) is 0 Å². The van der Waals surface area contributed by atoms with E-state index in [1.165, 1.54) is 0 Å². The third kappa shape index (κ3) is 3.82. The Morgan fingerprint density at radius 2 is 1.60 bits per heavy atom. The molecule has 0 aliphatic heterocycles. The summed E-state index contributed by atoms with van der Waals surface area (Å²) in [7, 11) is 0. The number of alkyl halides is 1. The summed E-state index contributed by atoms with van der Waals surface area (Å²) in [5.41, 5.74) is 1.90. The zero-order valence-electron chi connectivity index (χ0n) is 11.9. The largest absolute Gasteiger partial charge is 0.464 e. The standard InChI is InChI=1S/C15H19BrO4/c1-4-19-13(17)15(16,14(18)20-5-2)10-12-9-7-6-8-11(12)3/h6-9H,4-5,10H2,1-3H3. The van der Waals surface area contributed by atoms with Gasteiger partial charge in [-0.15, -0.1) is 0 Å². The molecule has 0 bridgehead atoms. The number of hydrogen-bond acceptors (Lipinski definition) is 4. The maximum absolute atomic E-state index is 12.1. The molecule has 0 saturated heterocycles. The Hall–Kier alpha value is -1.36. The van der Waals surface area contributed by atoms with Crippen LogP contribution in [0.15, 0.2) is 24.3 Å². The van der Waals surface area contributed by atoms with Gasteiger partial charge in [-0.3, -0.25) is 0 Å². The molecule has 0 amide bonds. The van der Waals surface area contributed by atoms with E-state index in [-0.39, 0.29) is 19.6 Å². The van der Waals surface area contributed by atoms with Gasteiger partial charge in [-0.2, -0.15) is 0 Å². The monoisotopic (exact) mass is 342 g/mol. The zero-order valence-corrected chi connectivity index (χ0v) is 13.5. The molecule has 0 N–H and O–H groups in total. The van der Waals surface area contributed by atoms with E-state index in [0.29, 0.717) is 0 Å². The van der Waals surface area contributed by atoms with Crippen LogP contribution in [0, 0.1) is 6.92 Å². The lowest BCUT2D eigenvalue weighted by Crippen LogP contribution is -2.45. The number of esters is 2. The highest BCUT2D eigenvalue weighted by atomic mass is 79.9. The quantitative estimate of drug-likeness (QED) is 0.453. The minimum Gasteiger partial charge on any atom is -0.464 e. The predicted octanol–water partition coefficient (Wildman–Crippen LogP) is 2.80. The molecule has 20 heavy (non-hydrogen) atoms. The summed E-state index contributed by atoms with van der Waals surface area (Å²) in [6.45, 7) is 5.74. The van der Waals surface area contributed by atoms with Crippen molar-refractivity contribution in [3.05, 3.63) is 35.4 Å². The number of carbonyl (C=O) groups is 2. The lowest BCUT2D eigenvalue weighted by molar-refractivity contribution is -0.158. The van der Waals surface area contributed by atoms with Gasteiger partial charge in [-0.1, -0.05) is 40.2 Å². The maximum atomic E-state index is 12.1. The van der Waals surface area contributed by atoms with E-state index in [1.807, 2.05) is 31.2 Å². The van der Waals surface area contributed by atoms with Crippen molar-refractivity contribution >= 4 is 27.9 Å². The Morgan fingerprint density at radius 1 is 1.10 bits per heavy atom. The van der Waals surface area contributed by atoms with Crippen LogP contribution in [0.5, 0.6) is 0 Å². The first-order chi connectivity index (χ1) is 9.45. The highest BCUT2D eigenvalue weighted by Gasteiger charge is 2.47. The van der Waals surface area contributed by atoms with Gasteiger partial charge in [-0.05, 0) is 31.9 Å². The van der Waals surface area contributed by atoms with E-state index in [9.17, 15) is 9.59 Å². The lowest BCUT2D eigenvalue weighted by atomic mass is 9.96. The summed E-state index contributed by atoms with van der Waals surface area (Å²) in [6, 6.07) is 7.58. The molecule has 0 unspecified atom stereocenters. The van der Waals surface area contributed by atoms with Gasteiger partial charge in [-0.25, -0.2) is 9.59 Å². The number of rotatable bonds is 6. The van der Waals surface area contributed by atoms with Crippen LogP contribution < -0.4 is 0 Å². The van der Waals surface area contributed by atoms with E-state index in [2.05, 4.69) is 15.9 Å². The second-order valence-corrected chi connectivity index (χ2v) is 5.70. The number of aryl methyl sites for hydroxylation is 1. The molecule has 0 fully saturated rings. The van der Waals surface area contributed by atoms with Gasteiger partial charge in [0.2, 0.25) is 4.32 Å². The number of hydrogen-bond donors (Lipinski definition) is 0. The molecule has 0 aromatic heterocycles. The molecular weight excluding hydrogens is 324 g/mol. The summed E-state index contributed by atoms with van der Waals surface area (Å²) in [4.78, 5) is 24.3. The smallest absolute Gasteiger partial charge is 0.334 e. The highest BCUT2D eigenvalue weighted by Crippen LogP contribution is 2.28. The third-order valence-corrected chi connectivity index (χ3v) is 3.82. The summed E-state index contributed by atoms with van der Waals surface area (Å²) < 4.78 is 8.50. The van der Waals surface area contributed by atoms with Crippen LogP contribution in [0.25, 0.3) is 0 Å². The van der Waals surface area contributed by atoms with Gasteiger partial charge >= 0.3 is 11.9 Å². The van der Waals surface area contributed by atoms with Crippen molar-refractivity contribution in [3.8, 4) is 0 Å². The van der Waals surface area contributed by atoms with Crippen LogP contribution in [0.1, 0.15) is 25.0 Å². The van der Waals surface area contributed by atoms with Crippen molar-refractivity contribution < 1.29 is 19.1 Å². The fourth-order valence-corrected chi connectivity index (χ4v) is 2.32. The van der Waals surface area contributed by atoms with Crippen LogP contribution in [0.4, 0.5) is 0 Å². The topological polar surface area (TPSA) is 52.6 Å². The Labute approximate surface area is 127 Å². The van der Waals surface area contributed by atoms with Gasteiger partial charge in [0.25, 0.3) is 0 Å². The van der Waals surface area contributed by atoms with Crippen LogP contribution in [0.3, 0.4) is 0 Å². The SMILES string of the molecule is CCOC(=O)C(Br)(Cc1ccccc1C)C(=O)OCC. The maximum Gasteiger partial charge on any atom is 0.334 e. The van der Waals surface area contributed by atoms with E-state index in [0.717, 1.165) is 11.1 Å². The number of halogens is 1. The van der Waals surface area contributed by atoms with Crippen molar-refractivity contribution in [1.82, 2.24) is 0 Å². The van der Waals surface area contributed by atoms with Gasteiger partial charge in [0.1, 0.15) is 0 Å². The molecule has 1 aromatic rings. The molecule has 4 nitrogen and oxygen atoms in total. The molecule has 0 heterocycles. The van der Waals surface area contributed by atoms with E-state index in [4.69, 9.17) is 9.47 Å². The molecule has 0 atom stereocenters. The van der Waals surface area contributed by atoms with E-state index < -0.39 is 16.3 Å². The fraction of sp³-hybridized carbons (Fsp3) is 0.467. The summed E-state index contributed by atoms with van der Waals surface area (Å²) in [5, 5.41) is 0. The molecule has 0 aliphatic carbocycles. The Morgan fingerprint density at radius 3 is 2.05 bits per heavy atom. The lowest BCUT2D eigenvalue weighted by Gasteiger charge is -2.23. The zero-order chi connectivity index (χ0) is 15.2. The molecule has 110 valence electrons. The molecule has 0 radical (unpaired) electrons. The first-order valence-corrected chi connectivity index (χ1v) is 7.32. The van der Waals surface area contributed by atoms with Crippen molar-refractivity contribution in [3.63, 3.8) is 0 Å². The van der Waals surface area contributed by atoms with Gasteiger partial charge < -0.3 is 9.47 Å². The Bertz CT molecular complexity index is 467. The molecule has 0 spiro atoms. The fourth-order valence-electron chi connectivity index (χ4n) is 1.79. The second-order valence-electron chi connectivity index (χ2n) is 4.35. The van der Waals surface area contributed by atoms with Crippen LogP contribution in [-0.2, 0) is 25.5 Å². The van der Waals surface area contributed by atoms with Gasteiger partial charge in [0, 0.05) is 6.42 Å². The molecular formula is C15H19BrO4. The van der Waals surface area contributed by atoms with E-state index in [1.54, 1.807) is 13.8 Å². The second kappa shape index (κ2) is 7.43. The Balaban J connectivity index is 3.08.